The summed E-state index contributed by atoms with van der Waals surface area (Å²) in [7, 11) is 1.65. The van der Waals surface area contributed by atoms with Gasteiger partial charge in [-0.25, -0.2) is 4.79 Å². The minimum absolute atomic E-state index is 0.0692. The van der Waals surface area contributed by atoms with Crippen LogP contribution in [-0.4, -0.2) is 60.2 Å². The number of amides is 2. The predicted molar refractivity (Wildman–Crippen MR) is 104 cm³/mol. The first-order chi connectivity index (χ1) is 14.4. The van der Waals surface area contributed by atoms with Gasteiger partial charge < -0.3 is 18.9 Å². The third-order valence-electron chi connectivity index (χ3n) is 4.52. The Labute approximate surface area is 171 Å². The van der Waals surface area contributed by atoms with E-state index in [-0.39, 0.29) is 16.9 Å². The molecule has 0 bridgehead atoms. The lowest BCUT2D eigenvalue weighted by atomic mass is 10.1. The van der Waals surface area contributed by atoms with E-state index in [9.17, 15) is 24.5 Å². The number of benzene rings is 1. The van der Waals surface area contributed by atoms with Crippen molar-refractivity contribution in [1.82, 2.24) is 9.88 Å². The summed E-state index contributed by atoms with van der Waals surface area (Å²) in [5.74, 6) is -2.35. The van der Waals surface area contributed by atoms with E-state index in [1.54, 1.807) is 24.2 Å². The molecule has 11 heteroatoms. The van der Waals surface area contributed by atoms with Gasteiger partial charge in [0.15, 0.2) is 6.61 Å². The minimum atomic E-state index is -0.909. The fourth-order valence-corrected chi connectivity index (χ4v) is 3.01. The summed E-state index contributed by atoms with van der Waals surface area (Å²) in [6.45, 7) is 1.21. The van der Waals surface area contributed by atoms with Gasteiger partial charge in [0.1, 0.15) is 11.4 Å². The lowest BCUT2D eigenvalue weighted by Crippen LogP contribution is -2.36. The zero-order valence-electron chi connectivity index (χ0n) is 16.2. The first-order valence-corrected chi connectivity index (χ1v) is 9.10. The van der Waals surface area contributed by atoms with Gasteiger partial charge in [0.25, 0.3) is 17.5 Å². The van der Waals surface area contributed by atoms with Gasteiger partial charge in [-0.15, -0.1) is 0 Å². The van der Waals surface area contributed by atoms with E-state index < -0.39 is 29.3 Å². The Morgan fingerprint density at radius 3 is 2.60 bits per heavy atom. The number of ether oxygens (including phenoxy) is 2. The number of carbonyl (C=O) groups is 3. The molecule has 1 N–H and O–H groups in total. The van der Waals surface area contributed by atoms with Crippen LogP contribution >= 0.6 is 0 Å². The first kappa shape index (κ1) is 21.0. The number of nitro benzene ring substituents is 1. The average molecular weight is 416 g/mol. The van der Waals surface area contributed by atoms with Crippen LogP contribution in [0.2, 0.25) is 0 Å². The van der Waals surface area contributed by atoms with Gasteiger partial charge in [-0.2, -0.15) is 0 Å². The van der Waals surface area contributed by atoms with Crippen LogP contribution in [0, 0.1) is 10.1 Å². The largest absolute Gasteiger partial charge is 0.452 e. The number of nitrogens with zero attached hydrogens (tertiary/aromatic N) is 3. The van der Waals surface area contributed by atoms with E-state index in [0.717, 1.165) is 6.07 Å². The second-order valence-electron chi connectivity index (χ2n) is 6.52. The van der Waals surface area contributed by atoms with Crippen molar-refractivity contribution in [3.8, 4) is 0 Å². The van der Waals surface area contributed by atoms with Crippen molar-refractivity contribution in [3.63, 3.8) is 0 Å². The number of anilines is 1. The third-order valence-corrected chi connectivity index (χ3v) is 4.52. The number of nitro groups is 1. The third kappa shape index (κ3) is 4.81. The molecule has 1 aromatic carbocycles. The number of aryl methyl sites for hydroxylation is 1. The van der Waals surface area contributed by atoms with Gasteiger partial charge in [0.2, 0.25) is 0 Å². The van der Waals surface area contributed by atoms with Crippen LogP contribution in [0.1, 0.15) is 20.8 Å². The van der Waals surface area contributed by atoms with Crippen LogP contribution in [0.4, 0.5) is 11.4 Å². The van der Waals surface area contributed by atoms with E-state index in [2.05, 4.69) is 5.32 Å². The molecule has 0 unspecified atom stereocenters. The molecule has 0 spiro atoms. The van der Waals surface area contributed by atoms with Crippen molar-refractivity contribution < 1.29 is 28.8 Å². The van der Waals surface area contributed by atoms with Gasteiger partial charge in [0, 0.05) is 32.4 Å². The highest BCUT2D eigenvalue weighted by Gasteiger charge is 2.24. The Bertz CT molecular complexity index is 979. The molecule has 0 radical (unpaired) electrons. The van der Waals surface area contributed by atoms with E-state index >= 15 is 0 Å². The number of rotatable bonds is 6. The van der Waals surface area contributed by atoms with Crippen molar-refractivity contribution in [2.24, 2.45) is 7.05 Å². The van der Waals surface area contributed by atoms with Crippen LogP contribution in [0.5, 0.6) is 0 Å². The number of hydrogen-bond acceptors (Lipinski definition) is 8. The standard InChI is InChI=1S/C19H20N4O7/c1-21-6-2-3-15(21)18(25)20-17(24)12-30-19(26)13-4-5-14(16(11-13)23(27)28)22-7-9-29-10-8-22/h2-6,11H,7-10,12H2,1H3,(H,20,24,25). The van der Waals surface area contributed by atoms with Crippen LogP contribution < -0.4 is 10.2 Å². The Hall–Kier alpha value is -3.73. The molecule has 30 heavy (non-hydrogen) atoms. The molecule has 1 aromatic heterocycles. The molecule has 1 aliphatic rings. The lowest BCUT2D eigenvalue weighted by Gasteiger charge is -2.28. The molecular formula is C19H20N4O7. The quantitative estimate of drug-likeness (QED) is 0.417. The molecule has 1 aliphatic heterocycles. The van der Waals surface area contributed by atoms with Crippen molar-refractivity contribution in [2.75, 3.05) is 37.8 Å². The Morgan fingerprint density at radius 2 is 1.97 bits per heavy atom. The topological polar surface area (TPSA) is 133 Å². The first-order valence-electron chi connectivity index (χ1n) is 9.10. The van der Waals surface area contributed by atoms with Crippen molar-refractivity contribution in [1.29, 1.82) is 0 Å². The second-order valence-corrected chi connectivity index (χ2v) is 6.52. The molecule has 1 fully saturated rings. The molecule has 3 rings (SSSR count). The van der Waals surface area contributed by atoms with Crippen molar-refractivity contribution in [3.05, 3.63) is 57.9 Å². The highest BCUT2D eigenvalue weighted by Crippen LogP contribution is 2.30. The molecule has 0 aliphatic carbocycles. The maximum Gasteiger partial charge on any atom is 0.338 e. The zero-order chi connectivity index (χ0) is 21.7. The Kier molecular flexibility index (Phi) is 6.42. The van der Waals surface area contributed by atoms with Crippen LogP contribution in [0.3, 0.4) is 0 Å². The highest BCUT2D eigenvalue weighted by atomic mass is 16.6. The molecule has 2 aromatic rings. The molecule has 2 heterocycles. The van der Waals surface area contributed by atoms with Crippen molar-refractivity contribution >= 4 is 29.2 Å². The van der Waals surface area contributed by atoms with E-state index in [1.165, 1.54) is 22.8 Å². The Morgan fingerprint density at radius 1 is 1.23 bits per heavy atom. The summed E-state index contributed by atoms with van der Waals surface area (Å²) in [6, 6.07) is 7.16. The number of imide groups is 1. The van der Waals surface area contributed by atoms with Crippen LogP contribution in [0.25, 0.3) is 0 Å². The summed E-state index contributed by atoms with van der Waals surface area (Å²) in [6.07, 6.45) is 1.65. The maximum absolute atomic E-state index is 12.2. The summed E-state index contributed by atoms with van der Waals surface area (Å²) in [5, 5.41) is 13.6. The summed E-state index contributed by atoms with van der Waals surface area (Å²) < 4.78 is 11.7. The lowest BCUT2D eigenvalue weighted by molar-refractivity contribution is -0.384. The number of carbonyl (C=O) groups excluding carboxylic acids is 3. The van der Waals surface area contributed by atoms with E-state index in [1.807, 2.05) is 0 Å². The molecule has 11 nitrogen and oxygen atoms in total. The van der Waals surface area contributed by atoms with Gasteiger partial charge in [0.05, 0.1) is 23.7 Å². The number of esters is 1. The fraction of sp³-hybridized carbons (Fsp3) is 0.316. The molecule has 0 saturated carbocycles. The number of hydrogen-bond donors (Lipinski definition) is 1. The van der Waals surface area contributed by atoms with E-state index in [4.69, 9.17) is 9.47 Å². The monoisotopic (exact) mass is 416 g/mol. The summed E-state index contributed by atoms with van der Waals surface area (Å²) >= 11 is 0. The van der Waals surface area contributed by atoms with Crippen LogP contribution in [0.15, 0.2) is 36.5 Å². The van der Waals surface area contributed by atoms with Gasteiger partial charge in [-0.1, -0.05) is 0 Å². The molecule has 158 valence electrons. The van der Waals surface area contributed by atoms with Gasteiger partial charge in [-0.05, 0) is 24.3 Å². The zero-order valence-corrected chi connectivity index (χ0v) is 16.2. The minimum Gasteiger partial charge on any atom is -0.452 e. The van der Waals surface area contributed by atoms with Gasteiger partial charge in [-0.3, -0.25) is 25.0 Å². The molecule has 0 atom stereocenters. The molecule has 2 amide bonds. The molecular weight excluding hydrogens is 396 g/mol. The fourth-order valence-electron chi connectivity index (χ4n) is 3.01. The summed E-state index contributed by atoms with van der Waals surface area (Å²) in [4.78, 5) is 48.8. The molecule has 1 saturated heterocycles. The number of morpholine rings is 1. The number of nitrogens with one attached hydrogen (secondary N) is 1. The average Bonchev–Trinajstić information content (AvgIpc) is 3.18. The smallest absolute Gasteiger partial charge is 0.338 e. The normalized spacial score (nSPS) is 13.6. The second kappa shape index (κ2) is 9.18. The van der Waals surface area contributed by atoms with Gasteiger partial charge >= 0.3 is 5.97 Å². The predicted octanol–water partition coefficient (Wildman–Crippen LogP) is 0.883. The SMILES string of the molecule is Cn1cccc1C(=O)NC(=O)COC(=O)c1ccc(N2CCOCC2)c([N+](=O)[O-])c1. The number of aromatic nitrogens is 1. The van der Waals surface area contributed by atoms with Crippen molar-refractivity contribution in [2.45, 2.75) is 0 Å². The highest BCUT2D eigenvalue weighted by molar-refractivity contribution is 6.04. The van der Waals surface area contributed by atoms with Crippen LogP contribution in [-0.2, 0) is 21.3 Å². The Balaban J connectivity index is 1.62. The summed E-state index contributed by atoms with van der Waals surface area (Å²) in [5.41, 5.74) is 0.338. The van der Waals surface area contributed by atoms with E-state index in [0.29, 0.717) is 32.0 Å². The maximum atomic E-state index is 12.2.